The van der Waals surface area contributed by atoms with Crippen LogP contribution in [0.4, 0.5) is 0 Å². The first-order valence-corrected chi connectivity index (χ1v) is 47.1. The molecular formula is C128H76N10O3. The van der Waals surface area contributed by atoms with Gasteiger partial charge < -0.3 is 13.3 Å². The number of hydrogen-bond donors (Lipinski definition) is 0. The van der Waals surface area contributed by atoms with Crippen LogP contribution in [0, 0.1) is 0 Å². The molecule has 0 bridgehead atoms. The molecule has 13 heteroatoms. The van der Waals surface area contributed by atoms with Crippen LogP contribution in [0.25, 0.3) is 288 Å². The van der Waals surface area contributed by atoms with E-state index in [0.717, 1.165) is 231 Å². The van der Waals surface area contributed by atoms with Crippen LogP contribution < -0.4 is 0 Å². The Hall–Kier alpha value is -19.2. The standard InChI is InChI=1S/C48H28N2O.2C40H24N4O/c1-2-13-29(14-3-1)46-40-28-39(32-17-4-5-19-34(32)44(40)36-20-6-9-22-41(36)49-46)30-15-12-16-31(27-30)47-38-26-25-35-33-18-8-11-24-43(33)51-48(35)45(38)37-21-7-10-23-42(37)50-47;1-3-12-25(13-4-1)38-42-39(26-14-5-2-6-15-26)44-40(43-38)28-17-11-16-27(24-28)36-32-23-22-30-29-18-8-10-21-34(29)45-37(30)35(32)31-19-7-9-20-33(31)41-36;1-3-11-26(12-4-1)38-42-39(27-13-5-2-6-14-27)44-40(43-38)28-21-19-25(20-22-28)36-32-24-23-30-29-15-8-10-18-34(29)45-37(30)35(32)31-16-7-9-17-33(31)41-36/h1-28H;2*1-24H. The van der Waals surface area contributed by atoms with Gasteiger partial charge in [-0.25, -0.2) is 49.8 Å². The molecule has 13 nitrogen and oxygen atoms in total. The highest BCUT2D eigenvalue weighted by molar-refractivity contribution is 6.29. The van der Waals surface area contributed by atoms with Crippen LogP contribution in [0.5, 0.6) is 0 Å². The molecule has 0 fully saturated rings. The maximum absolute atomic E-state index is 6.59. The number of benzene rings is 20. The lowest BCUT2D eigenvalue weighted by Crippen LogP contribution is -2.00. The molecule has 0 spiro atoms. The van der Waals surface area contributed by atoms with Gasteiger partial charge in [-0.2, -0.15) is 0 Å². The van der Waals surface area contributed by atoms with E-state index in [-0.39, 0.29) is 0 Å². The van der Waals surface area contributed by atoms with Crippen LogP contribution in [0.3, 0.4) is 0 Å². The predicted octanol–water partition coefficient (Wildman–Crippen LogP) is 33.4. The van der Waals surface area contributed by atoms with Crippen molar-refractivity contribution < 1.29 is 13.3 Å². The second-order valence-corrected chi connectivity index (χ2v) is 35.4. The van der Waals surface area contributed by atoms with E-state index in [1.165, 1.54) is 21.7 Å². The number of aromatic nitrogens is 10. The Morgan fingerprint density at radius 1 is 0.128 bits per heavy atom. The largest absolute Gasteiger partial charge is 0.455 e. The van der Waals surface area contributed by atoms with Gasteiger partial charge in [0.15, 0.2) is 34.9 Å². The molecule has 0 unspecified atom stereocenters. The molecule has 9 heterocycles. The molecule has 29 aromatic rings. The molecule has 656 valence electrons. The second kappa shape index (κ2) is 34.0. The Balaban J connectivity index is 0.000000106. The lowest BCUT2D eigenvalue weighted by molar-refractivity contribution is 0.672. The summed E-state index contributed by atoms with van der Waals surface area (Å²) in [5.74, 6) is 3.77. The zero-order chi connectivity index (χ0) is 93.0. The number of para-hydroxylation sites is 7. The van der Waals surface area contributed by atoms with Crippen LogP contribution >= 0.6 is 0 Å². The molecule has 20 aromatic carbocycles. The van der Waals surface area contributed by atoms with Gasteiger partial charge in [-0.05, 0) is 101 Å². The zero-order valence-corrected chi connectivity index (χ0v) is 75.6. The second-order valence-electron chi connectivity index (χ2n) is 35.4. The van der Waals surface area contributed by atoms with E-state index >= 15 is 0 Å². The van der Waals surface area contributed by atoms with Gasteiger partial charge in [0, 0.05) is 153 Å². The first kappa shape index (κ1) is 81.3. The lowest BCUT2D eigenvalue weighted by atomic mass is 9.89. The fraction of sp³-hybridized carbons (Fsp3) is 0. The van der Waals surface area contributed by atoms with Gasteiger partial charge in [-0.3, -0.25) is 0 Å². The molecule has 0 N–H and O–H groups in total. The van der Waals surface area contributed by atoms with E-state index in [9.17, 15) is 0 Å². The summed E-state index contributed by atoms with van der Waals surface area (Å²) in [6, 6.07) is 158. The highest BCUT2D eigenvalue weighted by atomic mass is 16.3. The lowest BCUT2D eigenvalue weighted by Gasteiger charge is -2.17. The summed E-state index contributed by atoms with van der Waals surface area (Å²) in [6.07, 6.45) is 0. The van der Waals surface area contributed by atoms with Crippen molar-refractivity contribution in [3.8, 4) is 124 Å². The molecule has 0 radical (unpaired) electrons. The highest BCUT2D eigenvalue weighted by Crippen LogP contribution is 2.49. The van der Waals surface area contributed by atoms with E-state index in [1.807, 2.05) is 182 Å². The molecule has 0 amide bonds. The van der Waals surface area contributed by atoms with Crippen molar-refractivity contribution in [3.63, 3.8) is 0 Å². The molecule has 0 saturated carbocycles. The average molecular weight is 1800 g/mol. The third kappa shape index (κ3) is 14.2. The van der Waals surface area contributed by atoms with Gasteiger partial charge in [0.1, 0.15) is 33.5 Å². The minimum absolute atomic E-state index is 0.606. The summed E-state index contributed by atoms with van der Waals surface area (Å²) in [7, 11) is 0. The molecule has 141 heavy (non-hydrogen) atoms. The van der Waals surface area contributed by atoms with E-state index in [2.05, 4.69) is 279 Å². The zero-order valence-electron chi connectivity index (χ0n) is 75.6. The minimum atomic E-state index is 0.606. The fourth-order valence-corrected chi connectivity index (χ4v) is 20.5. The summed E-state index contributed by atoms with van der Waals surface area (Å²) >= 11 is 0. The third-order valence-corrected chi connectivity index (χ3v) is 27.0. The van der Waals surface area contributed by atoms with Gasteiger partial charge in [0.05, 0.1) is 44.8 Å². The Kier molecular flexibility index (Phi) is 19.6. The average Bonchev–Trinajstić information content (AvgIpc) is 1.57. The number of nitrogens with zero attached hydrogens (tertiary/aromatic N) is 10. The van der Waals surface area contributed by atoms with Gasteiger partial charge in [0.2, 0.25) is 0 Å². The SMILES string of the molecule is c1ccc(-c2nc(-c3ccccc3)nc(-c3ccc(-c4nc5ccccc5c5c4ccc4c6ccccc6oc45)cc3)n2)cc1.c1ccc(-c2nc(-c3ccccc3)nc(-c3cccc(-c4nc5ccccc5c5c4ccc4c6ccccc6oc45)c3)n2)cc1.c1ccc(-c2nc3ccccc3c3c2cc(-c2cccc(-c4nc5ccccc5c5c4ccc4c6ccccc6oc45)c2)c2ccccc23)cc1. The van der Waals surface area contributed by atoms with Gasteiger partial charge in [-0.15, -0.1) is 0 Å². The molecule has 0 aliphatic heterocycles. The maximum Gasteiger partial charge on any atom is 0.164 e. The Morgan fingerprint density at radius 2 is 0.369 bits per heavy atom. The van der Waals surface area contributed by atoms with Crippen molar-refractivity contribution >= 4 is 163 Å². The first-order valence-electron chi connectivity index (χ1n) is 47.1. The van der Waals surface area contributed by atoms with Crippen LogP contribution in [-0.2, 0) is 0 Å². The Bertz CT molecular complexity index is 9960. The van der Waals surface area contributed by atoms with Gasteiger partial charge in [0.25, 0.3) is 0 Å². The number of fused-ring (bicyclic) bond motifs is 26. The molecule has 9 aromatic heterocycles. The maximum atomic E-state index is 6.59. The normalized spacial score (nSPS) is 11.7. The van der Waals surface area contributed by atoms with Crippen LogP contribution in [0.15, 0.2) is 474 Å². The molecule has 0 aliphatic carbocycles. The van der Waals surface area contributed by atoms with Crippen LogP contribution in [0.2, 0.25) is 0 Å². The number of hydrogen-bond acceptors (Lipinski definition) is 13. The summed E-state index contributed by atoms with van der Waals surface area (Å²) in [5.41, 5.74) is 24.8. The smallest absolute Gasteiger partial charge is 0.164 e. The van der Waals surface area contributed by atoms with Crippen molar-refractivity contribution in [1.82, 2.24) is 49.8 Å². The van der Waals surface area contributed by atoms with E-state index in [0.29, 0.717) is 34.9 Å². The summed E-state index contributed by atoms with van der Waals surface area (Å²) < 4.78 is 19.6. The Morgan fingerprint density at radius 3 is 0.745 bits per heavy atom. The molecule has 0 atom stereocenters. The number of pyridine rings is 4. The first-order chi connectivity index (χ1) is 69.9. The van der Waals surface area contributed by atoms with E-state index in [4.69, 9.17) is 63.1 Å². The molecule has 0 aliphatic rings. The monoisotopic (exact) mass is 1800 g/mol. The van der Waals surface area contributed by atoms with Crippen molar-refractivity contribution in [1.29, 1.82) is 0 Å². The number of furan rings is 3. The topological polar surface area (TPSA) is 168 Å². The summed E-state index contributed by atoms with van der Waals surface area (Å²) in [6.45, 7) is 0. The van der Waals surface area contributed by atoms with Crippen molar-refractivity contribution in [2.24, 2.45) is 0 Å². The molecule has 29 rings (SSSR count). The summed E-state index contributed by atoms with van der Waals surface area (Å²) in [4.78, 5) is 50.3. The third-order valence-electron chi connectivity index (χ3n) is 27.0. The van der Waals surface area contributed by atoms with Crippen LogP contribution in [0.1, 0.15) is 0 Å². The number of rotatable bonds is 11. The van der Waals surface area contributed by atoms with E-state index in [1.54, 1.807) is 0 Å². The molecular weight excluding hydrogens is 1730 g/mol. The van der Waals surface area contributed by atoms with Gasteiger partial charge in [-0.1, -0.05) is 382 Å². The van der Waals surface area contributed by atoms with Crippen molar-refractivity contribution in [2.45, 2.75) is 0 Å². The van der Waals surface area contributed by atoms with Crippen LogP contribution in [-0.4, -0.2) is 49.8 Å². The summed E-state index contributed by atoms with van der Waals surface area (Å²) in [5, 5.41) is 22.2. The van der Waals surface area contributed by atoms with Gasteiger partial charge >= 0.3 is 0 Å². The Labute approximate surface area is 806 Å². The predicted molar refractivity (Wildman–Crippen MR) is 576 cm³/mol. The quantitative estimate of drug-likeness (QED) is 0.112. The highest BCUT2D eigenvalue weighted by Gasteiger charge is 2.26. The van der Waals surface area contributed by atoms with Crippen molar-refractivity contribution in [3.05, 3.63) is 461 Å². The van der Waals surface area contributed by atoms with Crippen molar-refractivity contribution in [2.75, 3.05) is 0 Å². The van der Waals surface area contributed by atoms with E-state index < -0.39 is 0 Å². The molecule has 0 saturated heterocycles. The fourth-order valence-electron chi connectivity index (χ4n) is 20.5. The minimum Gasteiger partial charge on any atom is -0.455 e.